The Kier molecular flexibility index (Phi) is 14.0. The summed E-state index contributed by atoms with van der Waals surface area (Å²) in [5.41, 5.74) is 38.6. The van der Waals surface area contributed by atoms with Crippen LogP contribution in [0.3, 0.4) is 0 Å². The quantitative estimate of drug-likeness (QED) is 0.123. The molecule has 117 heavy (non-hydrogen) atoms. The van der Waals surface area contributed by atoms with Gasteiger partial charge in [0.1, 0.15) is 0 Å². The van der Waals surface area contributed by atoms with E-state index in [1.54, 1.807) is 0 Å². The molecule has 2 heterocycles. The van der Waals surface area contributed by atoms with Crippen LogP contribution < -0.4 is 15.9 Å². The van der Waals surface area contributed by atoms with Crippen molar-refractivity contribution in [2.75, 3.05) is 0 Å². The number of pyridine rings is 2. The van der Waals surface area contributed by atoms with Crippen LogP contribution in [0.1, 0.15) is 66.8 Å². The highest BCUT2D eigenvalue weighted by atomic mass is 31.2. The molecule has 6 aliphatic carbocycles. The van der Waals surface area contributed by atoms with E-state index in [0.29, 0.717) is 0 Å². The van der Waals surface area contributed by atoms with E-state index in [2.05, 4.69) is 346 Å². The topological polar surface area (TPSA) is 42.9 Å². The second-order valence-corrected chi connectivity index (χ2v) is 34.9. The summed E-state index contributed by atoms with van der Waals surface area (Å²) < 4.78 is 15.5. The van der Waals surface area contributed by atoms with Gasteiger partial charge in [-0.3, -0.25) is 0 Å². The third-order valence-electron chi connectivity index (χ3n) is 26.8. The van der Waals surface area contributed by atoms with Crippen molar-refractivity contribution in [3.05, 3.63) is 485 Å². The van der Waals surface area contributed by atoms with Gasteiger partial charge in [-0.15, -0.1) is 0 Å². The molecule has 3 spiro atoms. The van der Waals surface area contributed by atoms with Crippen LogP contribution in [-0.4, -0.2) is 9.97 Å². The molecule has 542 valence electrons. The molecule has 0 fully saturated rings. The predicted molar refractivity (Wildman–Crippen MR) is 483 cm³/mol. The normalized spacial score (nSPS) is 14.1. The second-order valence-electron chi connectivity index (χ2n) is 32.2. The minimum absolute atomic E-state index is 0.395. The Labute approximate surface area is 678 Å². The zero-order chi connectivity index (χ0) is 76.9. The summed E-state index contributed by atoms with van der Waals surface area (Å²) in [7, 11) is -3.21. The highest BCUT2D eigenvalue weighted by molar-refractivity contribution is 7.85. The third kappa shape index (κ3) is 8.83. The predicted octanol–water partition coefficient (Wildman–Crippen LogP) is 26.4. The Bertz CT molecular complexity index is 7570. The highest BCUT2D eigenvalue weighted by Gasteiger charge is 2.55. The van der Waals surface area contributed by atoms with E-state index in [0.717, 1.165) is 65.6 Å². The van der Waals surface area contributed by atoms with Crippen LogP contribution in [0.4, 0.5) is 0 Å². The van der Waals surface area contributed by atoms with E-state index >= 15 is 4.57 Å². The number of fused-ring (bicyclic) bond motifs is 36. The van der Waals surface area contributed by atoms with E-state index in [9.17, 15) is 0 Å². The number of rotatable bonds is 6. The molecule has 3 nitrogen and oxygen atoms in total. The summed E-state index contributed by atoms with van der Waals surface area (Å²) >= 11 is 0. The first-order valence-electron chi connectivity index (χ1n) is 40.6. The molecule has 26 rings (SSSR count). The fraction of sp³-hybridized carbons (Fsp3) is 0.0265. The summed E-state index contributed by atoms with van der Waals surface area (Å²) in [6, 6.07) is 153. The molecule has 0 bridgehead atoms. The SMILES string of the molecule is O=P(c1ccccc1)(c1ccccc1)c1cccc(-c2nc3ccccc3c3cc4c(cc23)C2(c3ccccc3-c3ccccc32)c2ccccc2-4)c1.c1cc(-c2ccc3c(c2)C2(c4ccccc4-c4ccccc42)c2ccccc2-3)cc(-c2nc3ccccc3c3cc4c(cc23)C2(c3ccccc3-c3ccccc32)c2ccccc2-4)c1. The monoisotopic (exact) mass is 1500 g/mol. The third-order valence-corrected chi connectivity index (χ3v) is 29.9. The zero-order valence-corrected chi connectivity index (χ0v) is 64.5. The minimum atomic E-state index is -3.21. The molecule has 0 aliphatic heterocycles. The number of aromatic nitrogens is 2. The average Bonchev–Trinajstić information content (AvgIpc) is 1.51. The van der Waals surface area contributed by atoms with Gasteiger partial charge in [0.15, 0.2) is 7.14 Å². The smallest absolute Gasteiger partial charge is 0.171 e. The van der Waals surface area contributed by atoms with Crippen molar-refractivity contribution >= 4 is 66.4 Å². The maximum Gasteiger partial charge on any atom is 0.171 e. The van der Waals surface area contributed by atoms with E-state index in [1.165, 1.54) is 161 Å². The summed E-state index contributed by atoms with van der Waals surface area (Å²) in [4.78, 5) is 11.0. The van der Waals surface area contributed by atoms with E-state index in [-0.39, 0.29) is 0 Å². The molecule has 0 radical (unpaired) electrons. The Morgan fingerprint density at radius 3 is 0.821 bits per heavy atom. The van der Waals surface area contributed by atoms with Gasteiger partial charge in [-0.05, 0) is 210 Å². The molecular formula is C113H69N2OP. The molecular weight excluding hydrogens is 1430 g/mol. The number of nitrogens with zero attached hydrogens (tertiary/aromatic N) is 2. The molecule has 0 atom stereocenters. The number of hydrogen-bond donors (Lipinski definition) is 0. The Hall–Kier alpha value is -14.5. The van der Waals surface area contributed by atoms with Crippen molar-refractivity contribution in [2.24, 2.45) is 0 Å². The first-order chi connectivity index (χ1) is 57.9. The zero-order valence-electron chi connectivity index (χ0n) is 63.6. The standard InChI is InChI=1S/C63H37N.C50H32NOP/c1-8-25-52-41(18-1)42-19-2-9-26-53(42)62(52)56-29-12-5-22-45(56)47-33-32-39(35-58(47)62)38-16-15-17-40(34-38)61-51-37-59-50(36-49(51)48-24-7-14-31-60(48)64-61)46-23-6-13-30-57(46)63(59)54-27-10-3-20-43(54)44-21-4-11-28-55(44)63;52-53(34-17-3-1-4-18-34,35-19-5-2-6-20-35)36-21-15-16-33(30-36)49-43-32-47-42(31-41(43)40-25-10-14-29-48(40)51-49)39-24-9-13-28-46(39)50(47)44-26-11-7-22-37(44)38-23-8-12-27-45(38)50/h1-37H;1-32H. The first-order valence-corrected chi connectivity index (χ1v) is 42.3. The van der Waals surface area contributed by atoms with Crippen molar-refractivity contribution in [1.29, 1.82) is 0 Å². The molecule has 0 saturated carbocycles. The van der Waals surface area contributed by atoms with Gasteiger partial charge in [0, 0.05) is 48.6 Å². The molecule has 0 saturated heterocycles. The minimum Gasteiger partial charge on any atom is -0.309 e. The summed E-state index contributed by atoms with van der Waals surface area (Å²) in [6.45, 7) is 0. The van der Waals surface area contributed by atoms with Crippen LogP contribution in [0.2, 0.25) is 0 Å². The van der Waals surface area contributed by atoms with E-state index in [4.69, 9.17) is 9.97 Å². The largest absolute Gasteiger partial charge is 0.309 e. The maximum absolute atomic E-state index is 15.5. The first kappa shape index (κ1) is 66.0. The highest BCUT2D eigenvalue weighted by Crippen LogP contribution is 2.67. The van der Waals surface area contributed by atoms with E-state index in [1.807, 2.05) is 72.8 Å². The number of para-hydroxylation sites is 2. The Morgan fingerprint density at radius 1 is 0.171 bits per heavy atom. The van der Waals surface area contributed by atoms with Gasteiger partial charge in [-0.1, -0.05) is 364 Å². The van der Waals surface area contributed by atoms with Crippen LogP contribution >= 0.6 is 7.14 Å². The number of hydrogen-bond acceptors (Lipinski definition) is 3. The lowest BCUT2D eigenvalue weighted by molar-refractivity contribution is 0.592. The Balaban J connectivity index is 0.000000133. The molecule has 0 amide bonds. The van der Waals surface area contributed by atoms with Gasteiger partial charge >= 0.3 is 0 Å². The molecule has 6 aliphatic rings. The molecule has 0 unspecified atom stereocenters. The summed E-state index contributed by atoms with van der Waals surface area (Å²) in [5, 5.41) is 9.36. The lowest BCUT2D eigenvalue weighted by Gasteiger charge is -2.30. The molecule has 18 aromatic carbocycles. The van der Waals surface area contributed by atoms with Gasteiger partial charge in [-0.2, -0.15) is 0 Å². The number of benzene rings is 18. The maximum atomic E-state index is 15.5. The van der Waals surface area contributed by atoms with Gasteiger partial charge in [-0.25, -0.2) is 9.97 Å². The summed E-state index contributed by atoms with van der Waals surface area (Å²) in [6.07, 6.45) is 0. The van der Waals surface area contributed by atoms with Crippen molar-refractivity contribution in [1.82, 2.24) is 9.97 Å². The van der Waals surface area contributed by atoms with Gasteiger partial charge in [0.2, 0.25) is 0 Å². The van der Waals surface area contributed by atoms with Gasteiger partial charge in [0.05, 0.1) is 38.7 Å². The molecule has 20 aromatic rings. The molecule has 4 heteroatoms. The second kappa shape index (κ2) is 24.8. The van der Waals surface area contributed by atoms with Gasteiger partial charge in [0.25, 0.3) is 0 Å². The fourth-order valence-corrected chi connectivity index (χ4v) is 24.9. The van der Waals surface area contributed by atoms with Crippen LogP contribution in [0.15, 0.2) is 419 Å². The summed E-state index contributed by atoms with van der Waals surface area (Å²) in [5.74, 6) is 0. The Morgan fingerprint density at radius 2 is 0.444 bits per heavy atom. The van der Waals surface area contributed by atoms with E-state index < -0.39 is 23.4 Å². The van der Waals surface area contributed by atoms with Crippen LogP contribution in [0.5, 0.6) is 0 Å². The van der Waals surface area contributed by atoms with Crippen molar-refractivity contribution in [2.45, 2.75) is 16.2 Å². The lowest BCUT2D eigenvalue weighted by atomic mass is 9.70. The van der Waals surface area contributed by atoms with Crippen LogP contribution in [0, 0.1) is 0 Å². The fourth-order valence-electron chi connectivity index (χ4n) is 22.2. The van der Waals surface area contributed by atoms with Crippen LogP contribution in [-0.2, 0) is 20.8 Å². The lowest BCUT2D eigenvalue weighted by Crippen LogP contribution is -2.25. The van der Waals surface area contributed by atoms with Gasteiger partial charge < -0.3 is 4.57 Å². The molecule has 0 N–H and O–H groups in total. The van der Waals surface area contributed by atoms with Crippen molar-refractivity contribution < 1.29 is 4.57 Å². The van der Waals surface area contributed by atoms with Crippen LogP contribution in [0.25, 0.3) is 144 Å². The average molecular weight is 1500 g/mol. The molecule has 2 aromatic heterocycles. The van der Waals surface area contributed by atoms with Crippen molar-refractivity contribution in [3.63, 3.8) is 0 Å². The van der Waals surface area contributed by atoms with Crippen molar-refractivity contribution in [3.8, 4) is 100 Å².